The molecule has 0 unspecified atom stereocenters. The second-order valence-corrected chi connectivity index (χ2v) is 7.66. The Labute approximate surface area is 194 Å². The lowest BCUT2D eigenvalue weighted by Crippen LogP contribution is -2.19. The fraction of sp³-hybridized carbons (Fsp3) is 0.120. The average Bonchev–Trinajstić information content (AvgIpc) is 3.49. The van der Waals surface area contributed by atoms with E-state index in [2.05, 4.69) is 20.8 Å². The van der Waals surface area contributed by atoms with Crippen LogP contribution < -0.4 is 20.1 Å². The van der Waals surface area contributed by atoms with E-state index in [0.29, 0.717) is 46.5 Å². The lowest BCUT2D eigenvalue weighted by molar-refractivity contribution is 0.101. The zero-order chi connectivity index (χ0) is 23.5. The van der Waals surface area contributed by atoms with Crippen LogP contribution >= 0.6 is 0 Å². The lowest BCUT2D eigenvalue weighted by Gasteiger charge is -2.09. The normalized spacial score (nSPS) is 11.8. The Morgan fingerprint density at radius 2 is 1.65 bits per heavy atom. The van der Waals surface area contributed by atoms with Gasteiger partial charge in [0.05, 0.1) is 6.42 Å². The third kappa shape index (κ3) is 4.73. The number of amides is 2. The van der Waals surface area contributed by atoms with E-state index in [4.69, 9.17) is 13.9 Å². The van der Waals surface area contributed by atoms with Gasteiger partial charge in [-0.2, -0.15) is 0 Å². The number of carbonyl (C=O) groups excluding carboxylic acids is 2. The summed E-state index contributed by atoms with van der Waals surface area (Å²) < 4.78 is 16.6. The van der Waals surface area contributed by atoms with Gasteiger partial charge in [0.25, 0.3) is 0 Å². The van der Waals surface area contributed by atoms with E-state index >= 15 is 0 Å². The number of urea groups is 1. The van der Waals surface area contributed by atoms with Gasteiger partial charge in [-0.3, -0.25) is 4.79 Å². The molecule has 2 amide bonds. The molecule has 1 aliphatic rings. The monoisotopic (exact) mass is 456 g/mol. The van der Waals surface area contributed by atoms with E-state index in [1.54, 1.807) is 42.5 Å². The highest BCUT2D eigenvalue weighted by atomic mass is 16.7. The third-order valence-corrected chi connectivity index (χ3v) is 5.15. The Balaban J connectivity index is 1.25. The first-order valence-corrected chi connectivity index (χ1v) is 10.5. The number of hydrogen-bond acceptors (Lipinski definition) is 7. The van der Waals surface area contributed by atoms with E-state index in [9.17, 15) is 9.59 Å². The molecule has 170 valence electrons. The maximum absolute atomic E-state index is 12.4. The number of Topliss-reactive ketones (excluding diaryl/α,β-unsaturated/α-hetero) is 1. The second kappa shape index (κ2) is 9.07. The predicted molar refractivity (Wildman–Crippen MR) is 124 cm³/mol. The Morgan fingerprint density at radius 1 is 0.882 bits per heavy atom. The molecule has 0 bridgehead atoms. The number of anilines is 2. The van der Waals surface area contributed by atoms with Crippen molar-refractivity contribution in [3.05, 3.63) is 83.7 Å². The first kappa shape index (κ1) is 21.2. The highest BCUT2D eigenvalue weighted by Gasteiger charge is 2.15. The number of ether oxygens (including phenoxy) is 2. The van der Waals surface area contributed by atoms with Gasteiger partial charge in [-0.05, 0) is 55.0 Å². The zero-order valence-corrected chi connectivity index (χ0v) is 18.2. The smallest absolute Gasteiger partial charge is 0.323 e. The van der Waals surface area contributed by atoms with Crippen molar-refractivity contribution in [2.24, 2.45) is 0 Å². The summed E-state index contributed by atoms with van der Waals surface area (Å²) in [6.07, 6.45) is 0.448. The highest BCUT2D eigenvalue weighted by molar-refractivity contribution is 6.01. The maximum Gasteiger partial charge on any atom is 0.323 e. The zero-order valence-electron chi connectivity index (χ0n) is 18.2. The average molecular weight is 456 g/mol. The summed E-state index contributed by atoms with van der Waals surface area (Å²) >= 11 is 0. The molecule has 0 spiro atoms. The molecule has 34 heavy (non-hydrogen) atoms. The summed E-state index contributed by atoms with van der Waals surface area (Å²) in [6, 6.07) is 19.1. The quantitative estimate of drug-likeness (QED) is 0.396. The van der Waals surface area contributed by atoms with Crippen molar-refractivity contribution in [2.45, 2.75) is 13.3 Å². The van der Waals surface area contributed by atoms with Crippen molar-refractivity contribution in [3.8, 4) is 23.0 Å². The van der Waals surface area contributed by atoms with Crippen LogP contribution in [0, 0.1) is 0 Å². The summed E-state index contributed by atoms with van der Waals surface area (Å²) in [7, 11) is 0. The van der Waals surface area contributed by atoms with Gasteiger partial charge in [-0.1, -0.05) is 24.3 Å². The molecule has 9 nitrogen and oxygen atoms in total. The number of nitrogens with zero attached hydrogens (tertiary/aromatic N) is 2. The summed E-state index contributed by atoms with van der Waals surface area (Å²) in [5.74, 6) is 2.13. The van der Waals surface area contributed by atoms with E-state index in [0.717, 1.165) is 11.3 Å². The topological polar surface area (TPSA) is 116 Å². The number of fused-ring (bicyclic) bond motifs is 1. The van der Waals surface area contributed by atoms with Gasteiger partial charge in [-0.25, -0.2) is 4.79 Å². The molecule has 2 N–H and O–H groups in total. The number of aromatic nitrogens is 2. The first-order valence-electron chi connectivity index (χ1n) is 10.5. The molecule has 3 aromatic carbocycles. The van der Waals surface area contributed by atoms with Crippen LogP contribution in [-0.2, 0) is 6.42 Å². The van der Waals surface area contributed by atoms with Crippen molar-refractivity contribution in [3.63, 3.8) is 0 Å². The Hall–Kier alpha value is -4.66. The van der Waals surface area contributed by atoms with Crippen molar-refractivity contribution in [1.29, 1.82) is 0 Å². The van der Waals surface area contributed by atoms with Crippen LogP contribution in [0.25, 0.3) is 11.5 Å². The van der Waals surface area contributed by atoms with Gasteiger partial charge < -0.3 is 24.5 Å². The van der Waals surface area contributed by atoms with Crippen molar-refractivity contribution in [2.75, 3.05) is 17.4 Å². The SMILES string of the molecule is CC(=O)c1cccc(NC(=O)Nc2cccc(-c3nnc(Cc4ccc5c(c4)OCO5)o3)c2)c1. The molecule has 0 saturated carbocycles. The molecule has 5 rings (SSSR count). The number of nitrogens with one attached hydrogen (secondary N) is 2. The molecule has 0 radical (unpaired) electrons. The van der Waals surface area contributed by atoms with Gasteiger partial charge >= 0.3 is 6.03 Å². The van der Waals surface area contributed by atoms with Crippen molar-refractivity contribution < 1.29 is 23.5 Å². The van der Waals surface area contributed by atoms with Crippen LogP contribution in [-0.4, -0.2) is 28.8 Å². The molecular formula is C25H20N4O5. The summed E-state index contributed by atoms with van der Waals surface area (Å²) in [5.41, 5.74) is 3.22. The van der Waals surface area contributed by atoms with E-state index in [-0.39, 0.29) is 12.6 Å². The minimum atomic E-state index is -0.438. The highest BCUT2D eigenvalue weighted by Crippen LogP contribution is 2.33. The minimum absolute atomic E-state index is 0.0748. The van der Waals surface area contributed by atoms with Gasteiger partial charge in [0.1, 0.15) is 0 Å². The van der Waals surface area contributed by atoms with Crippen LogP contribution in [0.3, 0.4) is 0 Å². The van der Waals surface area contributed by atoms with Gasteiger partial charge in [0, 0.05) is 22.5 Å². The number of carbonyl (C=O) groups is 2. The molecular weight excluding hydrogens is 436 g/mol. The number of benzene rings is 3. The Kier molecular flexibility index (Phi) is 5.65. The van der Waals surface area contributed by atoms with Gasteiger partial charge in [0.2, 0.25) is 18.6 Å². The Morgan fingerprint density at radius 3 is 2.47 bits per heavy atom. The first-order chi connectivity index (χ1) is 16.5. The number of ketones is 1. The molecule has 4 aromatic rings. The Bertz CT molecular complexity index is 1380. The lowest BCUT2D eigenvalue weighted by atomic mass is 10.1. The van der Waals surface area contributed by atoms with E-state index in [1.165, 1.54) is 6.92 Å². The molecule has 0 atom stereocenters. The standard InChI is InChI=1S/C25H20N4O5/c1-15(30)17-4-2-6-19(12-17)26-25(31)27-20-7-3-5-18(13-20)24-29-28-23(34-24)11-16-8-9-21-22(10-16)33-14-32-21/h2-10,12-13H,11,14H2,1H3,(H2,26,27,31). The van der Waals surface area contributed by atoms with E-state index < -0.39 is 6.03 Å². The fourth-order valence-corrected chi connectivity index (χ4v) is 3.51. The molecule has 0 saturated heterocycles. The molecule has 0 fully saturated rings. The van der Waals surface area contributed by atoms with Crippen LogP contribution in [0.2, 0.25) is 0 Å². The molecule has 0 aliphatic carbocycles. The third-order valence-electron chi connectivity index (χ3n) is 5.15. The molecule has 1 aliphatic heterocycles. The van der Waals surface area contributed by atoms with Crippen LogP contribution in [0.15, 0.2) is 71.1 Å². The molecule has 2 heterocycles. The second-order valence-electron chi connectivity index (χ2n) is 7.66. The molecule has 1 aromatic heterocycles. The number of rotatable bonds is 6. The summed E-state index contributed by atoms with van der Waals surface area (Å²) in [4.78, 5) is 24.0. The van der Waals surface area contributed by atoms with Crippen LogP contribution in [0.1, 0.15) is 28.7 Å². The van der Waals surface area contributed by atoms with Gasteiger partial charge in [0.15, 0.2) is 17.3 Å². The maximum atomic E-state index is 12.4. The predicted octanol–water partition coefficient (Wildman–Crippen LogP) is 4.90. The molecule has 9 heteroatoms. The van der Waals surface area contributed by atoms with Crippen LogP contribution in [0.5, 0.6) is 11.5 Å². The fourth-order valence-electron chi connectivity index (χ4n) is 3.51. The van der Waals surface area contributed by atoms with Crippen molar-refractivity contribution >= 4 is 23.2 Å². The summed E-state index contributed by atoms with van der Waals surface area (Å²) in [5, 5.41) is 13.8. The minimum Gasteiger partial charge on any atom is -0.454 e. The van der Waals surface area contributed by atoms with Crippen molar-refractivity contribution in [1.82, 2.24) is 10.2 Å². The van der Waals surface area contributed by atoms with Crippen LogP contribution in [0.4, 0.5) is 16.2 Å². The number of hydrogen-bond donors (Lipinski definition) is 2. The summed E-state index contributed by atoms with van der Waals surface area (Å²) in [6.45, 7) is 1.69. The van der Waals surface area contributed by atoms with E-state index in [1.807, 2.05) is 24.3 Å². The largest absolute Gasteiger partial charge is 0.454 e. The van der Waals surface area contributed by atoms with Gasteiger partial charge in [-0.15, -0.1) is 10.2 Å².